The quantitative estimate of drug-likeness (QED) is 0.149. The van der Waals surface area contributed by atoms with Crippen molar-refractivity contribution in [1.29, 1.82) is 0 Å². The van der Waals surface area contributed by atoms with Crippen LogP contribution in [0, 0.1) is 5.92 Å². The third-order valence-corrected chi connectivity index (χ3v) is 11.7. The van der Waals surface area contributed by atoms with Gasteiger partial charge in [0.2, 0.25) is 21.8 Å². The summed E-state index contributed by atoms with van der Waals surface area (Å²) in [7, 11) is -3.91. The predicted octanol–water partition coefficient (Wildman–Crippen LogP) is 4.07. The molecule has 4 N–H and O–H groups in total. The van der Waals surface area contributed by atoms with Crippen LogP contribution in [0.4, 0.5) is 15.3 Å². The molecule has 5 rings (SSSR count). The lowest BCUT2D eigenvalue weighted by atomic mass is 10.1. The van der Waals surface area contributed by atoms with Crippen molar-refractivity contribution in [1.82, 2.24) is 25.2 Å². The number of carbonyl (C=O) groups excluding carboxylic acids is 5. The zero-order valence-electron chi connectivity index (χ0n) is 32.2. The van der Waals surface area contributed by atoms with E-state index in [0.29, 0.717) is 25.9 Å². The van der Waals surface area contributed by atoms with Gasteiger partial charge in [0, 0.05) is 37.2 Å². The number of fused-ring (bicyclic) bond motifs is 1. The molecular weight excluding hydrogens is 717 g/mol. The molecule has 1 aromatic rings. The number of likely N-dealkylation sites (tertiary alicyclic amines) is 1. The summed E-state index contributed by atoms with van der Waals surface area (Å²) in [6.07, 6.45) is 6.31. The number of hydrogen-bond donors (Lipinski definition) is 4. The molecule has 4 atom stereocenters. The number of ether oxygens (including phenoxy) is 2. The number of hydrogen-bond acceptors (Lipinski definition) is 10. The van der Waals surface area contributed by atoms with Gasteiger partial charge < -0.3 is 30.3 Å². The number of amides is 5. The van der Waals surface area contributed by atoms with Crippen LogP contribution < -0.4 is 20.7 Å². The van der Waals surface area contributed by atoms with Crippen LogP contribution >= 0.6 is 0 Å². The second-order valence-corrected chi connectivity index (χ2v) is 18.1. The van der Waals surface area contributed by atoms with Crippen LogP contribution in [-0.2, 0) is 47.0 Å². The van der Waals surface area contributed by atoms with E-state index >= 15 is 0 Å². The molecule has 1 aromatic carbocycles. The molecule has 0 aromatic heterocycles. The number of nitrogens with one attached hydrogen (secondary N) is 4. The normalized spacial score (nSPS) is 23.6. The summed E-state index contributed by atoms with van der Waals surface area (Å²) >= 11 is 0. The lowest BCUT2D eigenvalue weighted by Gasteiger charge is -2.27. The molecule has 54 heavy (non-hydrogen) atoms. The first kappa shape index (κ1) is 40.8. The van der Waals surface area contributed by atoms with Gasteiger partial charge in [-0.1, -0.05) is 38.0 Å². The number of unbranched alkanes of at least 4 members (excludes halogenated alkanes) is 3. The molecule has 0 radical (unpaired) electrons. The molecular formula is C38H56N6O9S. The van der Waals surface area contributed by atoms with Gasteiger partial charge in [-0.3, -0.25) is 24.0 Å². The van der Waals surface area contributed by atoms with Crippen molar-refractivity contribution in [2.24, 2.45) is 5.92 Å². The molecule has 2 aliphatic heterocycles. The Morgan fingerprint density at radius 2 is 1.78 bits per heavy atom. The monoisotopic (exact) mass is 772 g/mol. The number of anilines is 1. The highest BCUT2D eigenvalue weighted by Gasteiger charge is 2.62. The summed E-state index contributed by atoms with van der Waals surface area (Å²) in [6.45, 7) is 11.2. The van der Waals surface area contributed by atoms with Crippen molar-refractivity contribution in [3.05, 3.63) is 41.5 Å². The highest BCUT2D eigenvalue weighted by molar-refractivity contribution is 7.91. The van der Waals surface area contributed by atoms with Crippen LogP contribution in [-0.4, -0.2) is 95.8 Å². The molecule has 3 fully saturated rings. The van der Waals surface area contributed by atoms with Gasteiger partial charge in [-0.25, -0.2) is 18.0 Å². The van der Waals surface area contributed by atoms with E-state index < -0.39 is 80.9 Å². The van der Waals surface area contributed by atoms with E-state index in [1.54, 1.807) is 25.7 Å². The first-order valence-corrected chi connectivity index (χ1v) is 20.6. The van der Waals surface area contributed by atoms with Gasteiger partial charge >= 0.3 is 12.2 Å². The maximum absolute atomic E-state index is 14.1. The van der Waals surface area contributed by atoms with Crippen molar-refractivity contribution >= 4 is 45.6 Å². The van der Waals surface area contributed by atoms with Gasteiger partial charge in [-0.05, 0) is 90.0 Å². The lowest BCUT2D eigenvalue weighted by Crippen LogP contribution is -2.57. The fourth-order valence-corrected chi connectivity index (χ4v) is 8.24. The smallest absolute Gasteiger partial charge is 0.410 e. The van der Waals surface area contributed by atoms with Crippen molar-refractivity contribution in [3.8, 4) is 0 Å². The summed E-state index contributed by atoms with van der Waals surface area (Å²) in [5.41, 5.74) is 0.567. The van der Waals surface area contributed by atoms with Gasteiger partial charge in [0.1, 0.15) is 29.8 Å². The van der Waals surface area contributed by atoms with E-state index in [1.165, 1.54) is 4.90 Å². The maximum Gasteiger partial charge on any atom is 0.410 e. The van der Waals surface area contributed by atoms with Gasteiger partial charge in [-0.15, -0.1) is 0 Å². The van der Waals surface area contributed by atoms with Crippen molar-refractivity contribution in [2.75, 3.05) is 18.4 Å². The summed E-state index contributed by atoms with van der Waals surface area (Å²) in [5, 5.41) is 7.94. The van der Waals surface area contributed by atoms with Crippen LogP contribution in [0.1, 0.15) is 104 Å². The van der Waals surface area contributed by atoms with Crippen LogP contribution in [0.5, 0.6) is 0 Å². The third kappa shape index (κ3) is 10.4. The maximum atomic E-state index is 14.1. The minimum atomic E-state index is -3.91. The Morgan fingerprint density at radius 3 is 2.44 bits per heavy atom. The van der Waals surface area contributed by atoms with Crippen LogP contribution in [0.2, 0.25) is 0 Å². The Morgan fingerprint density at radius 1 is 1.06 bits per heavy atom. The Labute approximate surface area is 318 Å². The van der Waals surface area contributed by atoms with Gasteiger partial charge in [0.05, 0.1) is 11.8 Å². The average Bonchev–Trinajstić information content (AvgIpc) is 3.97. The zero-order valence-corrected chi connectivity index (χ0v) is 33.1. The summed E-state index contributed by atoms with van der Waals surface area (Å²) in [4.78, 5) is 70.0. The first-order chi connectivity index (χ1) is 25.4. The molecule has 0 bridgehead atoms. The second-order valence-electron chi connectivity index (χ2n) is 16.2. The van der Waals surface area contributed by atoms with Gasteiger partial charge in [0.25, 0.3) is 5.91 Å². The minimum absolute atomic E-state index is 0.0748. The van der Waals surface area contributed by atoms with Crippen LogP contribution in [0.15, 0.2) is 30.4 Å². The molecule has 2 saturated carbocycles. The van der Waals surface area contributed by atoms with E-state index in [1.807, 2.05) is 44.2 Å². The zero-order chi connectivity index (χ0) is 39.4. The number of nitrogens with zero attached hydrogens (tertiary/aromatic N) is 2. The topological polar surface area (TPSA) is 193 Å². The summed E-state index contributed by atoms with van der Waals surface area (Å²) in [6, 6.07) is 4.99. The number of allylic oxidation sites excluding steroid dienone is 1. The standard InChI is InChI=1S/C38H56N6O9S/c1-7-8-9-10-11-12-27-19-38(27,34(47)42-54(50,51)30-15-16-30)41-33(46)31-18-29(23-44(31)32(45)20-39-35(48)53-37(4,5)6)52-36(49)43-21-25-13-14-28(40-24(2)3)17-26(25)22-43/h11-14,17,24,27,29-31,40H,7-10,15-16,18-23H2,1-6H3,(H,39,48)(H,41,46)(H,42,47)/b12-11-/t27-,29-,31?,38-/m1/s1. The van der Waals surface area contributed by atoms with Gasteiger partial charge in [-0.2, -0.15) is 0 Å². The fraction of sp³-hybridized carbons (Fsp3) is 0.658. The Kier molecular flexibility index (Phi) is 12.5. The molecule has 15 nitrogen and oxygen atoms in total. The van der Waals surface area contributed by atoms with E-state index in [-0.39, 0.29) is 25.4 Å². The Bertz CT molecular complexity index is 1740. The largest absolute Gasteiger partial charge is 0.444 e. The number of rotatable bonds is 15. The third-order valence-electron chi connectivity index (χ3n) is 9.89. The second kappa shape index (κ2) is 16.6. The average molecular weight is 773 g/mol. The molecule has 4 aliphatic rings. The fourth-order valence-electron chi connectivity index (χ4n) is 6.87. The molecule has 298 valence electrons. The SMILES string of the molecule is CCCCC/C=C\[C@@H]1C[C@]1(NC(=O)C1C[C@@H](OC(=O)N2Cc3ccc(NC(C)C)cc3C2)CN1C(=O)CNC(=O)OC(C)(C)C)C(=O)NS(=O)(=O)C1CC1. The molecule has 5 amide bonds. The van der Waals surface area contributed by atoms with Crippen molar-refractivity contribution < 1.29 is 41.9 Å². The van der Waals surface area contributed by atoms with Gasteiger partial charge in [0.15, 0.2) is 0 Å². The highest BCUT2D eigenvalue weighted by atomic mass is 32.2. The molecule has 1 saturated heterocycles. The van der Waals surface area contributed by atoms with E-state index in [0.717, 1.165) is 42.5 Å². The minimum Gasteiger partial charge on any atom is -0.444 e. The Balaban J connectivity index is 1.30. The summed E-state index contributed by atoms with van der Waals surface area (Å²) < 4.78 is 38.9. The number of carbonyl (C=O) groups is 5. The number of sulfonamides is 1. The molecule has 1 unspecified atom stereocenters. The highest BCUT2D eigenvalue weighted by Crippen LogP contribution is 2.46. The van der Waals surface area contributed by atoms with Crippen LogP contribution in [0.3, 0.4) is 0 Å². The molecule has 2 aliphatic carbocycles. The predicted molar refractivity (Wildman–Crippen MR) is 201 cm³/mol. The molecule has 2 heterocycles. The molecule has 0 spiro atoms. The number of alkyl carbamates (subject to hydrolysis) is 1. The summed E-state index contributed by atoms with van der Waals surface area (Å²) in [5.74, 6) is -2.61. The first-order valence-electron chi connectivity index (χ1n) is 19.1. The van der Waals surface area contributed by atoms with E-state index in [4.69, 9.17) is 9.47 Å². The van der Waals surface area contributed by atoms with Crippen molar-refractivity contribution in [3.63, 3.8) is 0 Å². The Hall–Kier alpha value is -4.34. The van der Waals surface area contributed by atoms with E-state index in [2.05, 4.69) is 27.6 Å². The van der Waals surface area contributed by atoms with E-state index in [9.17, 15) is 32.4 Å². The number of benzene rings is 1. The van der Waals surface area contributed by atoms with Crippen molar-refractivity contribution in [2.45, 2.75) is 141 Å². The molecule has 16 heteroatoms. The lowest BCUT2D eigenvalue weighted by molar-refractivity contribution is -0.139. The van der Waals surface area contributed by atoms with Crippen LogP contribution in [0.25, 0.3) is 0 Å².